The molecule has 2 nitrogen and oxygen atoms in total. The minimum Gasteiger partial charge on any atom is -0.378 e. The Bertz CT molecular complexity index is 348. The number of hydrogen-bond acceptors (Lipinski definition) is 3. The summed E-state index contributed by atoms with van der Waals surface area (Å²) in [5, 5.41) is 0. The summed E-state index contributed by atoms with van der Waals surface area (Å²) in [5.74, 6) is 1.13. The predicted molar refractivity (Wildman–Crippen MR) is 73.4 cm³/mol. The molecule has 2 rings (SSSR count). The van der Waals surface area contributed by atoms with Gasteiger partial charge < -0.3 is 10.5 Å². The van der Waals surface area contributed by atoms with Crippen LogP contribution in [0.1, 0.15) is 37.8 Å². The second-order valence-electron chi connectivity index (χ2n) is 4.63. The highest BCUT2D eigenvalue weighted by molar-refractivity contribution is 7.99. The first-order valence-electron chi connectivity index (χ1n) is 6.35. The van der Waals surface area contributed by atoms with Crippen LogP contribution in [0.2, 0.25) is 0 Å². The molecule has 1 aliphatic rings. The minimum absolute atomic E-state index is 0.119. The molecular weight excluding hydrogens is 230 g/mol. The fourth-order valence-electron chi connectivity index (χ4n) is 2.07. The van der Waals surface area contributed by atoms with E-state index in [1.54, 1.807) is 0 Å². The number of thioether (sulfide) groups is 1. The average molecular weight is 251 g/mol. The van der Waals surface area contributed by atoms with E-state index >= 15 is 0 Å². The summed E-state index contributed by atoms with van der Waals surface area (Å²) >= 11 is 1.90. The standard InChI is InChI=1S/C14H21NOS/c1-11(15)12-4-2-6-14(10-12)17-9-7-13-5-3-8-16-13/h2,4,6,10-11,13H,3,5,7-9,15H2,1H3. The Kier molecular flexibility index (Phi) is 4.89. The molecule has 0 spiro atoms. The maximum absolute atomic E-state index is 5.88. The van der Waals surface area contributed by atoms with Gasteiger partial charge in [-0.05, 0) is 43.9 Å². The molecule has 2 unspecified atom stereocenters. The van der Waals surface area contributed by atoms with Crippen molar-refractivity contribution in [3.8, 4) is 0 Å². The maximum Gasteiger partial charge on any atom is 0.0584 e. The van der Waals surface area contributed by atoms with E-state index in [1.165, 1.54) is 23.3 Å². The van der Waals surface area contributed by atoms with Crippen molar-refractivity contribution in [1.82, 2.24) is 0 Å². The number of nitrogens with two attached hydrogens (primary N) is 1. The zero-order valence-electron chi connectivity index (χ0n) is 10.4. The van der Waals surface area contributed by atoms with Crippen molar-refractivity contribution in [3.63, 3.8) is 0 Å². The van der Waals surface area contributed by atoms with Crippen LogP contribution in [-0.4, -0.2) is 18.5 Å². The van der Waals surface area contributed by atoms with Crippen molar-refractivity contribution >= 4 is 11.8 Å². The van der Waals surface area contributed by atoms with Crippen LogP contribution in [-0.2, 0) is 4.74 Å². The fourth-order valence-corrected chi connectivity index (χ4v) is 3.08. The van der Waals surface area contributed by atoms with Gasteiger partial charge in [-0.3, -0.25) is 0 Å². The van der Waals surface area contributed by atoms with Crippen molar-refractivity contribution in [1.29, 1.82) is 0 Å². The monoisotopic (exact) mass is 251 g/mol. The smallest absolute Gasteiger partial charge is 0.0584 e. The molecular formula is C14H21NOS. The molecule has 0 saturated carbocycles. The van der Waals surface area contributed by atoms with Crippen LogP contribution in [0.15, 0.2) is 29.2 Å². The molecule has 2 atom stereocenters. The first-order chi connectivity index (χ1) is 8.25. The van der Waals surface area contributed by atoms with Crippen LogP contribution in [0.5, 0.6) is 0 Å². The Balaban J connectivity index is 1.79. The van der Waals surface area contributed by atoms with Crippen LogP contribution in [0.25, 0.3) is 0 Å². The molecule has 0 radical (unpaired) electrons. The molecule has 1 saturated heterocycles. The van der Waals surface area contributed by atoms with Crippen LogP contribution >= 0.6 is 11.8 Å². The Morgan fingerprint density at radius 3 is 3.12 bits per heavy atom. The first-order valence-corrected chi connectivity index (χ1v) is 7.34. The van der Waals surface area contributed by atoms with Gasteiger partial charge in [0.05, 0.1) is 6.10 Å². The van der Waals surface area contributed by atoms with Gasteiger partial charge in [-0.1, -0.05) is 12.1 Å². The molecule has 2 N–H and O–H groups in total. The predicted octanol–water partition coefficient (Wildman–Crippen LogP) is 3.37. The summed E-state index contributed by atoms with van der Waals surface area (Å²) < 4.78 is 5.62. The van der Waals surface area contributed by atoms with Gasteiger partial charge in [-0.15, -0.1) is 11.8 Å². The van der Waals surface area contributed by atoms with Crippen LogP contribution in [0.3, 0.4) is 0 Å². The van der Waals surface area contributed by atoms with E-state index in [2.05, 4.69) is 24.3 Å². The number of ether oxygens (including phenoxy) is 1. The maximum atomic E-state index is 5.88. The SMILES string of the molecule is CC(N)c1cccc(SCCC2CCCO2)c1. The van der Waals surface area contributed by atoms with Gasteiger partial charge in [0, 0.05) is 23.3 Å². The number of hydrogen-bond donors (Lipinski definition) is 1. The van der Waals surface area contributed by atoms with E-state index in [0.29, 0.717) is 6.10 Å². The van der Waals surface area contributed by atoms with Crippen LogP contribution < -0.4 is 5.73 Å². The number of rotatable bonds is 5. The van der Waals surface area contributed by atoms with Crippen molar-refractivity contribution < 1.29 is 4.74 Å². The lowest BCUT2D eigenvalue weighted by atomic mass is 10.1. The lowest BCUT2D eigenvalue weighted by molar-refractivity contribution is 0.109. The van der Waals surface area contributed by atoms with E-state index in [0.717, 1.165) is 18.8 Å². The third kappa shape index (κ3) is 4.02. The van der Waals surface area contributed by atoms with E-state index in [4.69, 9.17) is 10.5 Å². The van der Waals surface area contributed by atoms with E-state index < -0.39 is 0 Å². The van der Waals surface area contributed by atoms with Gasteiger partial charge in [0.1, 0.15) is 0 Å². The summed E-state index contributed by atoms with van der Waals surface area (Å²) in [6.07, 6.45) is 4.13. The van der Waals surface area contributed by atoms with Gasteiger partial charge in [-0.25, -0.2) is 0 Å². The summed E-state index contributed by atoms with van der Waals surface area (Å²) in [7, 11) is 0. The lowest BCUT2D eigenvalue weighted by Gasteiger charge is -2.10. The third-order valence-corrected chi connectivity index (χ3v) is 4.14. The molecule has 0 bridgehead atoms. The van der Waals surface area contributed by atoms with Gasteiger partial charge in [0.2, 0.25) is 0 Å². The molecule has 1 aliphatic heterocycles. The van der Waals surface area contributed by atoms with Crippen LogP contribution in [0, 0.1) is 0 Å². The molecule has 0 aromatic heterocycles. The molecule has 0 amide bonds. The highest BCUT2D eigenvalue weighted by Crippen LogP contribution is 2.24. The topological polar surface area (TPSA) is 35.2 Å². The molecule has 0 aliphatic carbocycles. The Hall–Kier alpha value is -0.510. The van der Waals surface area contributed by atoms with E-state index in [-0.39, 0.29) is 6.04 Å². The molecule has 94 valence electrons. The van der Waals surface area contributed by atoms with Gasteiger partial charge in [0.25, 0.3) is 0 Å². The highest BCUT2D eigenvalue weighted by Gasteiger charge is 2.14. The molecule has 3 heteroatoms. The van der Waals surface area contributed by atoms with Gasteiger partial charge in [0.15, 0.2) is 0 Å². The first kappa shape index (κ1) is 12.9. The summed E-state index contributed by atoms with van der Waals surface area (Å²) in [6, 6.07) is 8.66. The molecule has 1 heterocycles. The van der Waals surface area contributed by atoms with Crippen molar-refractivity contribution in [2.75, 3.05) is 12.4 Å². The third-order valence-electron chi connectivity index (χ3n) is 3.12. The van der Waals surface area contributed by atoms with Crippen LogP contribution in [0.4, 0.5) is 0 Å². The average Bonchev–Trinajstić information content (AvgIpc) is 2.82. The molecule has 1 aromatic rings. The largest absolute Gasteiger partial charge is 0.378 e. The van der Waals surface area contributed by atoms with Gasteiger partial charge in [-0.2, -0.15) is 0 Å². The summed E-state index contributed by atoms with van der Waals surface area (Å²) in [6.45, 7) is 2.98. The zero-order valence-corrected chi connectivity index (χ0v) is 11.2. The molecule has 1 fully saturated rings. The van der Waals surface area contributed by atoms with E-state index in [9.17, 15) is 0 Å². The Labute approximate surface area is 108 Å². The second-order valence-corrected chi connectivity index (χ2v) is 5.80. The lowest BCUT2D eigenvalue weighted by Crippen LogP contribution is -2.06. The van der Waals surface area contributed by atoms with Crippen molar-refractivity contribution in [2.24, 2.45) is 5.73 Å². The Morgan fingerprint density at radius 2 is 2.41 bits per heavy atom. The Morgan fingerprint density at radius 1 is 1.53 bits per heavy atom. The van der Waals surface area contributed by atoms with Crippen molar-refractivity contribution in [3.05, 3.63) is 29.8 Å². The summed E-state index contributed by atoms with van der Waals surface area (Å²) in [4.78, 5) is 1.32. The number of benzene rings is 1. The normalized spacial score (nSPS) is 21.6. The van der Waals surface area contributed by atoms with Crippen molar-refractivity contribution in [2.45, 2.75) is 43.2 Å². The minimum atomic E-state index is 0.119. The van der Waals surface area contributed by atoms with Gasteiger partial charge >= 0.3 is 0 Å². The highest BCUT2D eigenvalue weighted by atomic mass is 32.2. The zero-order chi connectivity index (χ0) is 12.1. The molecule has 1 aromatic carbocycles. The quantitative estimate of drug-likeness (QED) is 0.815. The molecule has 17 heavy (non-hydrogen) atoms. The second kappa shape index (κ2) is 6.43. The van der Waals surface area contributed by atoms with E-state index in [1.807, 2.05) is 18.7 Å². The fraction of sp³-hybridized carbons (Fsp3) is 0.571. The summed E-state index contributed by atoms with van der Waals surface area (Å²) in [5.41, 5.74) is 7.10.